The maximum Gasteiger partial charge on any atom is 0.166 e. The van der Waals surface area contributed by atoms with E-state index in [1.165, 1.54) is 4.88 Å². The minimum atomic E-state index is 0.133. The van der Waals surface area contributed by atoms with Crippen molar-refractivity contribution in [1.29, 1.82) is 0 Å². The second-order valence-corrected chi connectivity index (χ2v) is 5.43. The van der Waals surface area contributed by atoms with Crippen LogP contribution in [0.1, 0.15) is 25.6 Å². The molecule has 0 bridgehead atoms. The van der Waals surface area contributed by atoms with Gasteiger partial charge in [-0.15, -0.1) is 11.3 Å². The van der Waals surface area contributed by atoms with E-state index in [1.807, 2.05) is 6.92 Å². The Labute approximate surface area is 101 Å². The van der Waals surface area contributed by atoms with Crippen LogP contribution in [0.2, 0.25) is 0 Å². The van der Waals surface area contributed by atoms with Gasteiger partial charge in [-0.1, -0.05) is 19.9 Å². The summed E-state index contributed by atoms with van der Waals surface area (Å²) >= 11 is 6.92. The van der Waals surface area contributed by atoms with E-state index < -0.39 is 0 Å². The summed E-state index contributed by atoms with van der Waals surface area (Å²) < 4.78 is 0. The van der Waals surface area contributed by atoms with Crippen LogP contribution in [0.4, 0.5) is 0 Å². The summed E-state index contributed by atoms with van der Waals surface area (Å²) in [6, 6.07) is 4.26. The molecule has 0 spiro atoms. The van der Waals surface area contributed by atoms with E-state index in [9.17, 15) is 0 Å². The van der Waals surface area contributed by atoms with Crippen LogP contribution in [0.3, 0.4) is 0 Å². The topological polar surface area (TPSA) is 24.1 Å². The minimum absolute atomic E-state index is 0.133. The number of thiocarbonyl (C=S) groups is 1. The van der Waals surface area contributed by atoms with Crippen molar-refractivity contribution in [3.63, 3.8) is 0 Å². The van der Waals surface area contributed by atoms with Crippen LogP contribution < -0.4 is 10.6 Å². The first-order valence-electron chi connectivity index (χ1n) is 5.12. The Hall–Kier alpha value is -0.610. The quantitative estimate of drug-likeness (QED) is 0.793. The molecule has 0 atom stereocenters. The number of thiophene rings is 1. The molecule has 84 valence electrons. The molecule has 0 fully saturated rings. The molecule has 0 saturated carbocycles. The standard InChI is InChI=1S/C11H18N2S2/c1-4-12-10(14)13-8-11(2,3)9-6-5-7-15-9/h5-7H,4,8H2,1-3H3,(H2,12,13,14). The van der Waals surface area contributed by atoms with Gasteiger partial charge in [0.05, 0.1) is 0 Å². The zero-order chi connectivity index (χ0) is 11.3. The Morgan fingerprint density at radius 3 is 2.73 bits per heavy atom. The van der Waals surface area contributed by atoms with Crippen LogP contribution in [0, 0.1) is 0 Å². The zero-order valence-corrected chi connectivity index (χ0v) is 11.1. The van der Waals surface area contributed by atoms with Crippen LogP contribution in [-0.4, -0.2) is 18.2 Å². The van der Waals surface area contributed by atoms with E-state index in [-0.39, 0.29) is 5.41 Å². The van der Waals surface area contributed by atoms with Gasteiger partial charge in [0.15, 0.2) is 5.11 Å². The normalized spacial score (nSPS) is 11.1. The first-order chi connectivity index (χ1) is 7.06. The number of rotatable bonds is 4. The Bertz CT molecular complexity index is 304. The summed E-state index contributed by atoms with van der Waals surface area (Å²) in [5, 5.41) is 9.18. The molecule has 0 amide bonds. The highest BCUT2D eigenvalue weighted by molar-refractivity contribution is 7.80. The molecular formula is C11H18N2S2. The second kappa shape index (κ2) is 5.47. The third-order valence-corrected chi connectivity index (χ3v) is 3.74. The molecule has 1 rings (SSSR count). The first kappa shape index (κ1) is 12.5. The van der Waals surface area contributed by atoms with Gasteiger partial charge >= 0.3 is 0 Å². The van der Waals surface area contributed by atoms with Crippen molar-refractivity contribution >= 4 is 28.7 Å². The Morgan fingerprint density at radius 2 is 2.20 bits per heavy atom. The highest BCUT2D eigenvalue weighted by atomic mass is 32.1. The van der Waals surface area contributed by atoms with Crippen LogP contribution in [0.15, 0.2) is 17.5 Å². The van der Waals surface area contributed by atoms with Crippen molar-refractivity contribution < 1.29 is 0 Å². The lowest BCUT2D eigenvalue weighted by Gasteiger charge is -2.24. The van der Waals surface area contributed by atoms with E-state index in [0.29, 0.717) is 0 Å². The zero-order valence-electron chi connectivity index (χ0n) is 9.46. The molecule has 1 aromatic rings. The first-order valence-corrected chi connectivity index (χ1v) is 6.40. The molecule has 0 aliphatic rings. The molecule has 0 saturated heterocycles. The highest BCUT2D eigenvalue weighted by Crippen LogP contribution is 2.26. The fourth-order valence-electron chi connectivity index (χ4n) is 1.28. The predicted octanol–water partition coefficient (Wildman–Crippen LogP) is 2.51. The third-order valence-electron chi connectivity index (χ3n) is 2.22. The van der Waals surface area contributed by atoms with Crippen molar-refractivity contribution in [2.45, 2.75) is 26.2 Å². The average molecular weight is 242 g/mol. The Balaban J connectivity index is 2.47. The summed E-state index contributed by atoms with van der Waals surface area (Å²) in [6.07, 6.45) is 0. The van der Waals surface area contributed by atoms with E-state index in [4.69, 9.17) is 12.2 Å². The molecule has 0 aliphatic carbocycles. The molecule has 4 heteroatoms. The van der Waals surface area contributed by atoms with Crippen LogP contribution in [0.5, 0.6) is 0 Å². The van der Waals surface area contributed by atoms with Gasteiger partial charge < -0.3 is 10.6 Å². The number of hydrogen-bond donors (Lipinski definition) is 2. The second-order valence-electron chi connectivity index (χ2n) is 4.07. The number of hydrogen-bond acceptors (Lipinski definition) is 2. The molecular weight excluding hydrogens is 224 g/mol. The molecule has 2 nitrogen and oxygen atoms in total. The molecule has 0 aliphatic heterocycles. The van der Waals surface area contributed by atoms with Crippen molar-refractivity contribution in [2.75, 3.05) is 13.1 Å². The SMILES string of the molecule is CCNC(=S)NCC(C)(C)c1cccs1. The lowest BCUT2D eigenvalue weighted by molar-refractivity contribution is 0.521. The molecule has 0 radical (unpaired) electrons. The summed E-state index contributed by atoms with van der Waals surface area (Å²) in [6.45, 7) is 8.21. The van der Waals surface area contributed by atoms with Crippen molar-refractivity contribution in [3.8, 4) is 0 Å². The largest absolute Gasteiger partial charge is 0.363 e. The Kier molecular flexibility index (Phi) is 4.54. The molecule has 15 heavy (non-hydrogen) atoms. The van der Waals surface area contributed by atoms with Gasteiger partial charge in [-0.2, -0.15) is 0 Å². The van der Waals surface area contributed by atoms with Gasteiger partial charge in [-0.3, -0.25) is 0 Å². The number of nitrogens with one attached hydrogen (secondary N) is 2. The maximum atomic E-state index is 5.13. The average Bonchev–Trinajstić information content (AvgIpc) is 2.69. The summed E-state index contributed by atoms with van der Waals surface area (Å²) in [7, 11) is 0. The van der Waals surface area contributed by atoms with Gasteiger partial charge in [0.25, 0.3) is 0 Å². The van der Waals surface area contributed by atoms with Gasteiger partial charge in [-0.05, 0) is 30.6 Å². The van der Waals surface area contributed by atoms with Crippen LogP contribution in [-0.2, 0) is 5.41 Å². The predicted molar refractivity (Wildman–Crippen MR) is 71.6 cm³/mol. The van der Waals surface area contributed by atoms with Crippen LogP contribution in [0.25, 0.3) is 0 Å². The monoisotopic (exact) mass is 242 g/mol. The van der Waals surface area contributed by atoms with Crippen molar-refractivity contribution in [3.05, 3.63) is 22.4 Å². The van der Waals surface area contributed by atoms with Crippen LogP contribution >= 0.6 is 23.6 Å². The van der Waals surface area contributed by atoms with E-state index >= 15 is 0 Å². The molecule has 1 aromatic heterocycles. The van der Waals surface area contributed by atoms with Gasteiger partial charge in [0.2, 0.25) is 0 Å². The van der Waals surface area contributed by atoms with Crippen molar-refractivity contribution in [1.82, 2.24) is 10.6 Å². The fraction of sp³-hybridized carbons (Fsp3) is 0.545. The third kappa shape index (κ3) is 3.80. The summed E-state index contributed by atoms with van der Waals surface area (Å²) in [5.41, 5.74) is 0.133. The summed E-state index contributed by atoms with van der Waals surface area (Å²) in [4.78, 5) is 1.38. The molecule has 1 heterocycles. The molecule has 0 aromatic carbocycles. The summed E-state index contributed by atoms with van der Waals surface area (Å²) in [5.74, 6) is 0. The lowest BCUT2D eigenvalue weighted by Crippen LogP contribution is -2.41. The smallest absolute Gasteiger partial charge is 0.166 e. The van der Waals surface area contributed by atoms with Crippen molar-refractivity contribution in [2.24, 2.45) is 0 Å². The van der Waals surface area contributed by atoms with E-state index in [2.05, 4.69) is 42.0 Å². The highest BCUT2D eigenvalue weighted by Gasteiger charge is 2.21. The van der Waals surface area contributed by atoms with E-state index in [0.717, 1.165) is 18.2 Å². The maximum absolute atomic E-state index is 5.13. The molecule has 0 unspecified atom stereocenters. The fourth-order valence-corrected chi connectivity index (χ4v) is 2.34. The molecule has 2 N–H and O–H groups in total. The van der Waals surface area contributed by atoms with Gasteiger partial charge in [0, 0.05) is 23.4 Å². The van der Waals surface area contributed by atoms with Gasteiger partial charge in [-0.25, -0.2) is 0 Å². The Morgan fingerprint density at radius 1 is 1.47 bits per heavy atom. The minimum Gasteiger partial charge on any atom is -0.363 e. The van der Waals surface area contributed by atoms with E-state index in [1.54, 1.807) is 11.3 Å². The van der Waals surface area contributed by atoms with Gasteiger partial charge in [0.1, 0.15) is 0 Å². The lowest BCUT2D eigenvalue weighted by atomic mass is 9.91.